The smallest absolute Gasteiger partial charge is 0.239 e. The average molecular weight is 260 g/mol. The Kier molecular flexibility index (Phi) is 4.83. The van der Waals surface area contributed by atoms with Crippen LogP contribution in [0.25, 0.3) is 0 Å². The summed E-state index contributed by atoms with van der Waals surface area (Å²) in [5.41, 5.74) is 0.989. The third-order valence-electron chi connectivity index (χ3n) is 3.77. The summed E-state index contributed by atoms with van der Waals surface area (Å²) < 4.78 is 0. The van der Waals surface area contributed by atoms with E-state index in [-0.39, 0.29) is 5.91 Å². The molecule has 1 aromatic rings. The molecule has 2 rings (SSSR count). The van der Waals surface area contributed by atoms with Crippen LogP contribution in [0, 0.1) is 11.8 Å². The van der Waals surface area contributed by atoms with Crippen LogP contribution in [0.5, 0.6) is 0 Å². The lowest BCUT2D eigenvalue weighted by molar-refractivity contribution is -0.120. The topological polar surface area (TPSA) is 41.1 Å². The number of amides is 1. The number of hydrogen-bond donors (Lipinski definition) is 2. The van der Waals surface area contributed by atoms with Crippen LogP contribution in [0.2, 0.25) is 0 Å². The molecule has 1 aliphatic carbocycles. The van der Waals surface area contributed by atoms with Crippen molar-refractivity contribution in [3.63, 3.8) is 0 Å². The fourth-order valence-corrected chi connectivity index (χ4v) is 3.08. The molecule has 1 amide bonds. The minimum atomic E-state index is 0.0927. The van der Waals surface area contributed by atoms with E-state index in [9.17, 15) is 4.79 Å². The zero-order valence-electron chi connectivity index (χ0n) is 11.9. The van der Waals surface area contributed by atoms with Crippen molar-refractivity contribution in [1.82, 2.24) is 5.32 Å². The number of anilines is 1. The fraction of sp³-hybridized carbons (Fsp3) is 0.562. The van der Waals surface area contributed by atoms with Gasteiger partial charge in [-0.3, -0.25) is 4.79 Å². The highest BCUT2D eigenvalue weighted by Crippen LogP contribution is 2.28. The molecule has 0 spiro atoms. The zero-order chi connectivity index (χ0) is 13.7. The van der Waals surface area contributed by atoms with Crippen molar-refractivity contribution in [2.75, 3.05) is 11.9 Å². The molecule has 1 fully saturated rings. The number of carbonyl (C=O) groups excluding carboxylic acids is 1. The molecule has 0 aromatic heterocycles. The average Bonchev–Trinajstić information content (AvgIpc) is 2.36. The van der Waals surface area contributed by atoms with Crippen LogP contribution in [0.4, 0.5) is 5.69 Å². The second-order valence-electron chi connectivity index (χ2n) is 5.90. The molecule has 2 unspecified atom stereocenters. The maximum Gasteiger partial charge on any atom is 0.239 e. The molecular formula is C16H24N2O. The van der Waals surface area contributed by atoms with Crippen molar-refractivity contribution in [3.8, 4) is 0 Å². The van der Waals surface area contributed by atoms with E-state index in [1.54, 1.807) is 0 Å². The molecule has 1 aromatic carbocycles. The van der Waals surface area contributed by atoms with Gasteiger partial charge in [-0.25, -0.2) is 0 Å². The van der Waals surface area contributed by atoms with Gasteiger partial charge < -0.3 is 10.6 Å². The highest BCUT2D eigenvalue weighted by Gasteiger charge is 2.24. The lowest BCUT2D eigenvalue weighted by atomic mass is 9.80. The predicted octanol–water partition coefficient (Wildman–Crippen LogP) is 3.04. The van der Waals surface area contributed by atoms with Crippen LogP contribution in [0.3, 0.4) is 0 Å². The van der Waals surface area contributed by atoms with E-state index < -0.39 is 0 Å². The van der Waals surface area contributed by atoms with Gasteiger partial charge in [0.25, 0.3) is 0 Å². The van der Waals surface area contributed by atoms with E-state index in [1.807, 2.05) is 30.3 Å². The van der Waals surface area contributed by atoms with Gasteiger partial charge in [0.2, 0.25) is 5.91 Å². The second-order valence-corrected chi connectivity index (χ2v) is 5.90. The van der Waals surface area contributed by atoms with Gasteiger partial charge in [0.1, 0.15) is 0 Å². The first-order valence-electron chi connectivity index (χ1n) is 7.21. The third kappa shape index (κ3) is 4.58. The quantitative estimate of drug-likeness (QED) is 0.873. The standard InChI is InChI=1S/C16H24N2O/c1-12-8-13(2)10-15(9-12)18-16(19)11-17-14-6-4-3-5-7-14/h3-7,12-13,15,17H,8-11H2,1-2H3,(H,18,19). The lowest BCUT2D eigenvalue weighted by Crippen LogP contribution is -2.42. The fourth-order valence-electron chi connectivity index (χ4n) is 3.08. The number of benzene rings is 1. The summed E-state index contributed by atoms with van der Waals surface area (Å²) in [5.74, 6) is 1.53. The molecule has 0 heterocycles. The summed E-state index contributed by atoms with van der Waals surface area (Å²) in [7, 11) is 0. The van der Waals surface area contributed by atoms with Crippen LogP contribution >= 0.6 is 0 Å². The number of rotatable bonds is 4. The van der Waals surface area contributed by atoms with Gasteiger partial charge >= 0.3 is 0 Å². The van der Waals surface area contributed by atoms with Crippen LogP contribution in [0.15, 0.2) is 30.3 Å². The van der Waals surface area contributed by atoms with Gasteiger partial charge in [0, 0.05) is 11.7 Å². The van der Waals surface area contributed by atoms with Crippen molar-refractivity contribution in [2.45, 2.75) is 39.2 Å². The van der Waals surface area contributed by atoms with Crippen molar-refractivity contribution < 1.29 is 4.79 Å². The van der Waals surface area contributed by atoms with Crippen LogP contribution in [-0.4, -0.2) is 18.5 Å². The van der Waals surface area contributed by atoms with Gasteiger partial charge in [-0.1, -0.05) is 32.0 Å². The van der Waals surface area contributed by atoms with Gasteiger partial charge in [0.15, 0.2) is 0 Å². The lowest BCUT2D eigenvalue weighted by Gasteiger charge is -2.32. The van der Waals surface area contributed by atoms with Crippen molar-refractivity contribution in [3.05, 3.63) is 30.3 Å². The van der Waals surface area contributed by atoms with E-state index in [1.165, 1.54) is 6.42 Å². The summed E-state index contributed by atoms with van der Waals surface area (Å²) in [6.45, 7) is 4.90. The summed E-state index contributed by atoms with van der Waals surface area (Å²) in [6, 6.07) is 10.2. The Morgan fingerprint density at radius 2 is 1.74 bits per heavy atom. The first-order chi connectivity index (χ1) is 9.13. The first kappa shape index (κ1) is 13.9. The molecule has 0 aliphatic heterocycles. The molecule has 3 nitrogen and oxygen atoms in total. The number of carbonyl (C=O) groups is 1. The molecular weight excluding hydrogens is 236 g/mol. The summed E-state index contributed by atoms with van der Waals surface area (Å²) in [6.07, 6.45) is 3.51. The Balaban J connectivity index is 1.75. The van der Waals surface area contributed by atoms with E-state index in [0.717, 1.165) is 30.4 Å². The van der Waals surface area contributed by atoms with Crippen LogP contribution in [0.1, 0.15) is 33.1 Å². The molecule has 1 aliphatic rings. The number of nitrogens with one attached hydrogen (secondary N) is 2. The summed E-state index contributed by atoms with van der Waals surface area (Å²) in [4.78, 5) is 11.9. The van der Waals surface area contributed by atoms with E-state index in [2.05, 4.69) is 24.5 Å². The monoisotopic (exact) mass is 260 g/mol. The molecule has 2 N–H and O–H groups in total. The molecule has 0 saturated heterocycles. The number of para-hydroxylation sites is 1. The molecule has 104 valence electrons. The van der Waals surface area contributed by atoms with Gasteiger partial charge in [0.05, 0.1) is 6.54 Å². The molecule has 3 heteroatoms. The van der Waals surface area contributed by atoms with Crippen LogP contribution < -0.4 is 10.6 Å². The molecule has 2 atom stereocenters. The van der Waals surface area contributed by atoms with Crippen LogP contribution in [-0.2, 0) is 4.79 Å². The predicted molar refractivity (Wildman–Crippen MR) is 79.0 cm³/mol. The Morgan fingerprint density at radius 1 is 1.11 bits per heavy atom. The van der Waals surface area contributed by atoms with E-state index in [0.29, 0.717) is 12.6 Å². The van der Waals surface area contributed by atoms with E-state index in [4.69, 9.17) is 0 Å². The van der Waals surface area contributed by atoms with Crippen molar-refractivity contribution >= 4 is 11.6 Å². The van der Waals surface area contributed by atoms with Gasteiger partial charge in [-0.05, 0) is 43.2 Å². The van der Waals surface area contributed by atoms with Crippen molar-refractivity contribution in [1.29, 1.82) is 0 Å². The SMILES string of the molecule is CC1CC(C)CC(NC(=O)CNc2ccccc2)C1. The Bertz CT molecular complexity index is 394. The largest absolute Gasteiger partial charge is 0.376 e. The zero-order valence-corrected chi connectivity index (χ0v) is 11.9. The molecule has 0 bridgehead atoms. The van der Waals surface area contributed by atoms with Crippen molar-refractivity contribution in [2.24, 2.45) is 11.8 Å². The highest BCUT2D eigenvalue weighted by atomic mass is 16.1. The highest BCUT2D eigenvalue weighted by molar-refractivity contribution is 5.80. The molecule has 19 heavy (non-hydrogen) atoms. The Hall–Kier alpha value is -1.51. The third-order valence-corrected chi connectivity index (χ3v) is 3.77. The maximum absolute atomic E-state index is 11.9. The second kappa shape index (κ2) is 6.60. The summed E-state index contributed by atoms with van der Waals surface area (Å²) >= 11 is 0. The minimum Gasteiger partial charge on any atom is -0.376 e. The Labute approximate surface area is 115 Å². The van der Waals surface area contributed by atoms with Gasteiger partial charge in [-0.15, -0.1) is 0 Å². The first-order valence-corrected chi connectivity index (χ1v) is 7.21. The minimum absolute atomic E-state index is 0.0927. The number of hydrogen-bond acceptors (Lipinski definition) is 2. The normalized spacial score (nSPS) is 26.7. The Morgan fingerprint density at radius 3 is 2.37 bits per heavy atom. The van der Waals surface area contributed by atoms with E-state index >= 15 is 0 Å². The van der Waals surface area contributed by atoms with Gasteiger partial charge in [-0.2, -0.15) is 0 Å². The molecule has 1 saturated carbocycles. The molecule has 0 radical (unpaired) electrons. The summed E-state index contributed by atoms with van der Waals surface area (Å²) in [5, 5.41) is 6.29. The maximum atomic E-state index is 11.9.